The van der Waals surface area contributed by atoms with Crippen molar-refractivity contribution < 1.29 is 24.2 Å². The van der Waals surface area contributed by atoms with Gasteiger partial charge in [0.05, 0.1) is 0 Å². The van der Waals surface area contributed by atoms with E-state index in [9.17, 15) is 14.7 Å². The number of hydrogen-bond acceptors (Lipinski definition) is 6. The molecule has 3 N–H and O–H groups in total. The van der Waals surface area contributed by atoms with Gasteiger partial charge in [0.1, 0.15) is 0 Å². The maximum absolute atomic E-state index is 10.8. The van der Waals surface area contributed by atoms with E-state index in [0.717, 1.165) is 0 Å². The third-order valence-corrected chi connectivity index (χ3v) is 2.48. The molecule has 0 aliphatic carbocycles. The molecule has 1 saturated heterocycles. The number of carbonyl (C=O) groups is 2. The summed E-state index contributed by atoms with van der Waals surface area (Å²) >= 11 is 5.73. The highest BCUT2D eigenvalue weighted by atomic mass is 35.5. The summed E-state index contributed by atoms with van der Waals surface area (Å²) in [5.41, 5.74) is 3.60. The van der Waals surface area contributed by atoms with Crippen LogP contribution in [0.5, 0.6) is 0 Å². The van der Waals surface area contributed by atoms with E-state index >= 15 is 0 Å². The molecule has 0 radical (unpaired) electrons. The summed E-state index contributed by atoms with van der Waals surface area (Å²) in [6, 6.07) is 5.97. The first-order valence-corrected chi connectivity index (χ1v) is 4.98. The maximum atomic E-state index is 10.8. The van der Waals surface area contributed by atoms with Gasteiger partial charge < -0.3 is 14.6 Å². The monoisotopic (exact) mass is 257 g/mol. The predicted octanol–water partition coefficient (Wildman–Crippen LogP) is -0.130. The Morgan fingerprint density at radius 1 is 1.29 bits per heavy atom. The Labute approximate surface area is 101 Å². The number of hydrogen-bond donors (Lipinski definition) is 2. The Morgan fingerprint density at radius 2 is 1.88 bits per heavy atom. The number of cyclic esters (lactones) is 2. The first-order chi connectivity index (χ1) is 7.91. The molecule has 1 fully saturated rings. The summed E-state index contributed by atoms with van der Waals surface area (Å²) in [4.78, 5) is 21.7. The number of halogens is 1. The summed E-state index contributed by atoms with van der Waals surface area (Å²) < 4.78 is 9.01. The van der Waals surface area contributed by atoms with Gasteiger partial charge in [-0.05, 0) is 12.1 Å². The molecule has 1 aromatic rings. The third kappa shape index (κ3) is 2.10. The molecule has 1 aromatic carbocycles. The van der Waals surface area contributed by atoms with E-state index in [1.807, 2.05) is 0 Å². The summed E-state index contributed by atoms with van der Waals surface area (Å²) in [5.74, 6) is -2.39. The topological polar surface area (TPSA) is 98.9 Å². The molecular formula is C10H8ClNO5. The minimum atomic E-state index is -2.15. The van der Waals surface area contributed by atoms with Gasteiger partial charge in [-0.15, -0.1) is 0 Å². The summed E-state index contributed by atoms with van der Waals surface area (Å²) in [6.07, 6.45) is -1.58. The second-order valence-corrected chi connectivity index (χ2v) is 3.91. The van der Waals surface area contributed by atoms with E-state index in [2.05, 4.69) is 9.47 Å². The molecule has 0 saturated carbocycles. The molecule has 17 heavy (non-hydrogen) atoms. The van der Waals surface area contributed by atoms with Crippen LogP contribution in [0.4, 0.5) is 0 Å². The second kappa shape index (κ2) is 3.99. The minimum Gasteiger partial charge on any atom is -0.411 e. The van der Waals surface area contributed by atoms with Gasteiger partial charge in [-0.25, -0.2) is 9.59 Å². The number of esters is 2. The molecular weight excluding hydrogens is 250 g/mol. The Morgan fingerprint density at radius 3 is 2.41 bits per heavy atom. The Bertz CT molecular complexity index is 471. The summed E-state index contributed by atoms with van der Waals surface area (Å²) in [5, 5.41) is 10.3. The van der Waals surface area contributed by atoms with Crippen LogP contribution in [-0.4, -0.2) is 23.3 Å². The zero-order chi connectivity index (χ0) is 12.6. The van der Waals surface area contributed by atoms with Crippen LogP contribution in [0.3, 0.4) is 0 Å². The largest absolute Gasteiger partial charge is 0.420 e. The number of rotatable bonds is 2. The minimum absolute atomic E-state index is 0.164. The third-order valence-electron chi connectivity index (χ3n) is 2.24. The fourth-order valence-electron chi connectivity index (χ4n) is 1.37. The van der Waals surface area contributed by atoms with Crippen LogP contribution < -0.4 is 5.73 Å². The van der Waals surface area contributed by atoms with E-state index in [0.29, 0.717) is 5.02 Å². The molecule has 90 valence electrons. The molecule has 1 aliphatic heterocycles. The Kier molecular flexibility index (Phi) is 2.78. The van der Waals surface area contributed by atoms with Gasteiger partial charge in [-0.1, -0.05) is 23.7 Å². The van der Waals surface area contributed by atoms with E-state index < -0.39 is 24.0 Å². The Balaban J connectivity index is 2.30. The molecule has 1 atom stereocenters. The van der Waals surface area contributed by atoms with Crippen LogP contribution in [0, 0.1) is 0 Å². The fourth-order valence-corrected chi connectivity index (χ4v) is 1.56. The van der Waals surface area contributed by atoms with Crippen molar-refractivity contribution >= 4 is 23.5 Å². The molecule has 1 aliphatic rings. The van der Waals surface area contributed by atoms with Crippen LogP contribution in [0.1, 0.15) is 5.56 Å². The zero-order valence-corrected chi connectivity index (χ0v) is 9.18. The normalized spacial score (nSPS) is 19.7. The van der Waals surface area contributed by atoms with Crippen molar-refractivity contribution in [2.24, 2.45) is 5.73 Å². The number of benzene rings is 1. The highest BCUT2D eigenvalue weighted by Gasteiger charge is 2.47. The van der Waals surface area contributed by atoms with Crippen molar-refractivity contribution in [3.8, 4) is 0 Å². The fraction of sp³-hybridized carbons (Fsp3) is 0.200. The van der Waals surface area contributed by atoms with E-state index in [-0.39, 0.29) is 5.56 Å². The molecule has 6 nitrogen and oxygen atoms in total. The van der Waals surface area contributed by atoms with Gasteiger partial charge in [-0.3, -0.25) is 5.73 Å². The van der Waals surface area contributed by atoms with Crippen molar-refractivity contribution in [2.75, 3.05) is 0 Å². The standard InChI is InChI=1S/C10H8ClNO5/c11-6-3-1-2-5(4-6)10(12,15)9-16-7(13)8(14)17-9/h1-4,9,15H,12H2. The van der Waals surface area contributed by atoms with Gasteiger partial charge >= 0.3 is 11.9 Å². The molecule has 1 heterocycles. The van der Waals surface area contributed by atoms with Crippen LogP contribution in [0.2, 0.25) is 5.02 Å². The first kappa shape index (κ1) is 11.8. The van der Waals surface area contributed by atoms with Gasteiger partial charge in [0.25, 0.3) is 6.29 Å². The van der Waals surface area contributed by atoms with Crippen molar-refractivity contribution in [1.82, 2.24) is 0 Å². The molecule has 0 spiro atoms. The highest BCUT2D eigenvalue weighted by molar-refractivity contribution is 6.31. The molecule has 1 unspecified atom stereocenters. The zero-order valence-electron chi connectivity index (χ0n) is 8.42. The van der Waals surface area contributed by atoms with Crippen molar-refractivity contribution in [3.05, 3.63) is 34.9 Å². The molecule has 2 rings (SSSR count). The lowest BCUT2D eigenvalue weighted by atomic mass is 10.0. The summed E-state index contributed by atoms with van der Waals surface area (Å²) in [6.45, 7) is 0. The van der Waals surface area contributed by atoms with Crippen LogP contribution in [0.15, 0.2) is 24.3 Å². The lowest BCUT2D eigenvalue weighted by Gasteiger charge is -2.26. The van der Waals surface area contributed by atoms with Crippen LogP contribution in [-0.2, 0) is 24.8 Å². The van der Waals surface area contributed by atoms with E-state index in [4.69, 9.17) is 17.3 Å². The predicted molar refractivity (Wildman–Crippen MR) is 55.5 cm³/mol. The average Bonchev–Trinajstić information content (AvgIpc) is 2.60. The number of ether oxygens (including phenoxy) is 2. The highest BCUT2D eigenvalue weighted by Crippen LogP contribution is 2.27. The Hall–Kier alpha value is -1.63. The van der Waals surface area contributed by atoms with E-state index in [1.54, 1.807) is 12.1 Å². The van der Waals surface area contributed by atoms with Crippen LogP contribution in [0.25, 0.3) is 0 Å². The second-order valence-electron chi connectivity index (χ2n) is 3.48. The van der Waals surface area contributed by atoms with Crippen molar-refractivity contribution in [1.29, 1.82) is 0 Å². The van der Waals surface area contributed by atoms with Crippen molar-refractivity contribution in [2.45, 2.75) is 12.0 Å². The van der Waals surface area contributed by atoms with Gasteiger partial charge in [0.15, 0.2) is 0 Å². The first-order valence-electron chi connectivity index (χ1n) is 4.60. The number of aliphatic hydroxyl groups is 1. The number of carbonyl (C=O) groups excluding carboxylic acids is 2. The lowest BCUT2D eigenvalue weighted by molar-refractivity contribution is -0.193. The molecule has 7 heteroatoms. The van der Waals surface area contributed by atoms with Crippen LogP contribution >= 0.6 is 11.6 Å². The van der Waals surface area contributed by atoms with Gasteiger partial charge in [0.2, 0.25) is 5.72 Å². The number of nitrogens with two attached hydrogens (primary N) is 1. The molecule has 0 amide bonds. The lowest BCUT2D eigenvalue weighted by Crippen LogP contribution is -2.48. The SMILES string of the molecule is NC(O)(c1cccc(Cl)c1)C1OC(=O)C(=O)O1. The molecule has 0 aromatic heterocycles. The van der Waals surface area contributed by atoms with Crippen molar-refractivity contribution in [3.63, 3.8) is 0 Å². The maximum Gasteiger partial charge on any atom is 0.420 e. The van der Waals surface area contributed by atoms with Gasteiger partial charge in [-0.2, -0.15) is 0 Å². The smallest absolute Gasteiger partial charge is 0.411 e. The summed E-state index contributed by atoms with van der Waals surface area (Å²) in [7, 11) is 0. The quantitative estimate of drug-likeness (QED) is 0.435. The average molecular weight is 258 g/mol. The van der Waals surface area contributed by atoms with Gasteiger partial charge in [0, 0.05) is 10.6 Å². The molecule has 0 bridgehead atoms. The van der Waals surface area contributed by atoms with E-state index in [1.165, 1.54) is 12.1 Å².